The van der Waals surface area contributed by atoms with Gasteiger partial charge >= 0.3 is 0 Å². The van der Waals surface area contributed by atoms with Gasteiger partial charge in [-0.15, -0.1) is 0 Å². The summed E-state index contributed by atoms with van der Waals surface area (Å²) >= 11 is 0. The predicted molar refractivity (Wildman–Crippen MR) is 220 cm³/mol. The summed E-state index contributed by atoms with van der Waals surface area (Å²) in [6, 6.07) is 9.62. The number of benzene rings is 1. The zero-order valence-electron chi connectivity index (χ0n) is 33.7. The van der Waals surface area contributed by atoms with Gasteiger partial charge in [-0.25, -0.2) is 22.7 Å². The number of imide groups is 1. The fourth-order valence-electron chi connectivity index (χ4n) is 10.0. The number of nitrogens with two attached hydrogens (primary N) is 1. The lowest BCUT2D eigenvalue weighted by Gasteiger charge is -2.55. The molecule has 3 atom stereocenters. The molecular formula is C43H53F3N11O3+. The maximum absolute atomic E-state index is 14.2. The molecule has 5 aliphatic heterocycles. The Morgan fingerprint density at radius 3 is 2.52 bits per heavy atom. The Balaban J connectivity index is 0.727. The van der Waals surface area contributed by atoms with Crippen molar-refractivity contribution >= 4 is 46.8 Å². The van der Waals surface area contributed by atoms with Gasteiger partial charge in [0, 0.05) is 60.4 Å². The van der Waals surface area contributed by atoms with Gasteiger partial charge in [-0.3, -0.25) is 19.7 Å². The number of hydrazone groups is 1. The highest BCUT2D eigenvalue weighted by molar-refractivity contribution is 6.09. The second kappa shape index (κ2) is 16.7. The number of alkyl halides is 3. The van der Waals surface area contributed by atoms with E-state index in [-0.39, 0.29) is 59.6 Å². The Kier molecular flexibility index (Phi) is 11.2. The molecule has 0 radical (unpaired) electrons. The molecule has 1 saturated carbocycles. The normalized spacial score (nSPS) is 27.9. The number of likely N-dealkylation sites (tertiary alicyclic amines) is 1. The van der Waals surface area contributed by atoms with Crippen LogP contribution in [-0.2, 0) is 9.59 Å². The average Bonchev–Trinajstić information content (AvgIpc) is 3.83. The molecule has 2 aromatic heterocycles. The Morgan fingerprint density at radius 2 is 1.80 bits per heavy atom. The highest BCUT2D eigenvalue weighted by atomic mass is 19.3. The van der Waals surface area contributed by atoms with Crippen molar-refractivity contribution in [3.05, 3.63) is 65.7 Å². The molecule has 4 saturated heterocycles. The van der Waals surface area contributed by atoms with Crippen molar-refractivity contribution < 1.29 is 32.2 Å². The first-order valence-electron chi connectivity index (χ1n) is 21.4. The molecule has 318 valence electrons. The quantitative estimate of drug-likeness (QED) is 0.201. The Bertz CT molecular complexity index is 2190. The van der Waals surface area contributed by atoms with Crippen LogP contribution in [0, 0.1) is 17.3 Å². The van der Waals surface area contributed by atoms with E-state index in [1.54, 1.807) is 17.2 Å². The van der Waals surface area contributed by atoms with Crippen LogP contribution in [0.3, 0.4) is 0 Å². The highest BCUT2D eigenvalue weighted by Crippen LogP contribution is 2.43. The van der Waals surface area contributed by atoms with Gasteiger partial charge in [0.25, 0.3) is 12.3 Å². The summed E-state index contributed by atoms with van der Waals surface area (Å²) in [5.41, 5.74) is 8.28. The molecule has 6 aliphatic rings. The van der Waals surface area contributed by atoms with E-state index in [1.807, 2.05) is 18.3 Å². The molecule has 1 aliphatic carbocycles. The molecule has 17 heteroatoms. The maximum Gasteiger partial charge on any atom is 0.288 e. The minimum atomic E-state index is -2.89. The third kappa shape index (κ3) is 8.55. The zero-order chi connectivity index (χ0) is 41.5. The Hall–Kier alpha value is -5.16. The molecule has 3 aromatic rings. The summed E-state index contributed by atoms with van der Waals surface area (Å²) in [5.74, 6) is -0.0268. The molecule has 14 nitrogen and oxygen atoms in total. The van der Waals surface area contributed by atoms with Crippen LogP contribution in [0.15, 0.2) is 59.7 Å². The van der Waals surface area contributed by atoms with E-state index < -0.39 is 24.2 Å². The van der Waals surface area contributed by atoms with Crippen molar-refractivity contribution in [3.8, 4) is 0 Å². The molecule has 60 heavy (non-hydrogen) atoms. The van der Waals surface area contributed by atoms with Crippen molar-refractivity contribution in [2.45, 2.75) is 88.8 Å². The number of anilines is 2. The van der Waals surface area contributed by atoms with Crippen molar-refractivity contribution in [1.82, 2.24) is 30.1 Å². The standard InChI is InChI=1S/C43H52F3N11O3/c44-30-19-31(47)23-54(22-30)36-12-16-57-40(50-36)34(20-48-57)42(60)49-35-24-56(52-38(35)39(45)46)21-28-3-1-27(2-4-28)11-15-53-17-13-43(14-18-53)25-55(26-43)32-7-5-29(6-8-32)33-9-10-37(58)51-41(33)59/h5-8,12,16,20-21,24,27-28,30-31,33,39H,1-4,9-11,13-15,17-19,22-23,25-26,47H2,(H-,49,51,58,59,60)/p+1/b56-21-/t27?,28?,30-,31-,33?/m1/s1. The largest absolute Gasteiger partial charge is 0.370 e. The minimum absolute atomic E-state index is 0.0728. The summed E-state index contributed by atoms with van der Waals surface area (Å²) in [4.78, 5) is 48.6. The van der Waals surface area contributed by atoms with Crippen molar-refractivity contribution in [2.75, 3.05) is 55.6 Å². The van der Waals surface area contributed by atoms with Crippen LogP contribution in [0.1, 0.15) is 86.0 Å². The van der Waals surface area contributed by atoms with E-state index >= 15 is 0 Å². The third-order valence-electron chi connectivity index (χ3n) is 13.5. The molecule has 1 unspecified atom stereocenters. The van der Waals surface area contributed by atoms with Gasteiger partial charge < -0.3 is 25.8 Å². The number of halogens is 3. The lowest BCUT2D eigenvalue weighted by Crippen LogP contribution is -2.60. The molecule has 9 rings (SSSR count). The monoisotopic (exact) mass is 828 g/mol. The third-order valence-corrected chi connectivity index (χ3v) is 13.5. The predicted octanol–water partition coefficient (Wildman–Crippen LogP) is 4.21. The van der Waals surface area contributed by atoms with Gasteiger partial charge in [-0.05, 0) is 107 Å². The van der Waals surface area contributed by atoms with E-state index in [1.165, 1.54) is 40.1 Å². The van der Waals surface area contributed by atoms with Gasteiger partial charge in [0.1, 0.15) is 23.3 Å². The fourth-order valence-corrected chi connectivity index (χ4v) is 10.0. The highest BCUT2D eigenvalue weighted by Gasteiger charge is 2.45. The van der Waals surface area contributed by atoms with E-state index in [0.717, 1.165) is 70.4 Å². The van der Waals surface area contributed by atoms with Crippen LogP contribution in [0.4, 0.5) is 24.7 Å². The van der Waals surface area contributed by atoms with E-state index in [0.29, 0.717) is 36.5 Å². The van der Waals surface area contributed by atoms with Gasteiger partial charge in [0.05, 0.1) is 18.7 Å². The van der Waals surface area contributed by atoms with Crippen molar-refractivity contribution in [2.24, 2.45) is 28.1 Å². The fraction of sp³-hybridized carbons (Fsp3) is 0.558. The van der Waals surface area contributed by atoms with Crippen molar-refractivity contribution in [3.63, 3.8) is 0 Å². The van der Waals surface area contributed by atoms with Crippen LogP contribution in [-0.4, -0.2) is 118 Å². The summed E-state index contributed by atoms with van der Waals surface area (Å²) in [5, 5.41) is 13.4. The van der Waals surface area contributed by atoms with Gasteiger partial charge in [0.15, 0.2) is 11.9 Å². The number of aromatic nitrogens is 3. The van der Waals surface area contributed by atoms with Crippen LogP contribution in [0.2, 0.25) is 0 Å². The average molecular weight is 829 g/mol. The summed E-state index contributed by atoms with van der Waals surface area (Å²) in [6.07, 6.45) is 11.1. The zero-order valence-corrected chi connectivity index (χ0v) is 33.7. The number of carbonyl (C=O) groups is 3. The number of nitrogens with one attached hydrogen (secondary N) is 2. The molecule has 1 aromatic carbocycles. The first kappa shape index (κ1) is 40.3. The number of nitrogens with zero attached hydrogens (tertiary/aromatic N) is 8. The number of piperidine rings is 3. The molecule has 0 bridgehead atoms. The number of rotatable bonds is 10. The number of carbonyl (C=O) groups excluding carboxylic acids is 3. The number of hydrogen-bond donors (Lipinski definition) is 3. The van der Waals surface area contributed by atoms with Crippen molar-refractivity contribution in [1.29, 1.82) is 0 Å². The first-order chi connectivity index (χ1) is 29.0. The number of hydrogen-bond acceptors (Lipinski definition) is 10. The summed E-state index contributed by atoms with van der Waals surface area (Å²) in [7, 11) is 0. The molecule has 7 heterocycles. The Morgan fingerprint density at radius 1 is 1.03 bits per heavy atom. The van der Waals surface area contributed by atoms with Crippen LogP contribution >= 0.6 is 0 Å². The van der Waals surface area contributed by atoms with Gasteiger partial charge in [0.2, 0.25) is 23.7 Å². The smallest absolute Gasteiger partial charge is 0.288 e. The van der Waals surface area contributed by atoms with Crippen LogP contribution < -0.4 is 26.2 Å². The van der Waals surface area contributed by atoms with E-state index in [9.17, 15) is 27.6 Å². The van der Waals surface area contributed by atoms with E-state index in [4.69, 9.17) is 5.73 Å². The van der Waals surface area contributed by atoms with Gasteiger partial charge in [-0.2, -0.15) is 5.10 Å². The second-order valence-corrected chi connectivity index (χ2v) is 17.8. The molecule has 3 amide bonds. The molecular weight excluding hydrogens is 776 g/mol. The second-order valence-electron chi connectivity index (χ2n) is 17.8. The van der Waals surface area contributed by atoms with Crippen LogP contribution in [0.5, 0.6) is 0 Å². The topological polar surface area (TPSA) is 157 Å². The number of allylic oxidation sites excluding steroid dienone is 1. The number of amides is 3. The Labute approximate surface area is 346 Å². The first-order valence-corrected chi connectivity index (χ1v) is 21.4. The number of fused-ring (bicyclic) bond motifs is 1. The summed E-state index contributed by atoms with van der Waals surface area (Å²) in [6.45, 7) is 5.99. The molecule has 1 spiro atoms. The molecule has 5 fully saturated rings. The minimum Gasteiger partial charge on any atom is -0.370 e. The lowest BCUT2D eigenvalue weighted by molar-refractivity contribution is -0.456. The summed E-state index contributed by atoms with van der Waals surface area (Å²) < 4.78 is 45.4. The SMILES string of the molecule is N[C@@H]1C[C@@H](F)CN(c2ccn3ncc(C(=O)NC4=C/[N+](=C/C5CCC(CCN6CCC7(CC6)CN(c6ccc(C8CCC(=O)NC8=O)cc6)C7)CC5)N=C4C(F)F)c3n2)C1. The van der Waals surface area contributed by atoms with Crippen LogP contribution in [0.25, 0.3) is 5.65 Å². The lowest BCUT2D eigenvalue weighted by atomic mass is 9.71. The van der Waals surface area contributed by atoms with E-state index in [2.05, 4.69) is 47.8 Å². The maximum atomic E-state index is 14.2. The van der Waals surface area contributed by atoms with Gasteiger partial charge in [-0.1, -0.05) is 16.8 Å². The molecule has 4 N–H and O–H groups in total.